The number of nitrogens with zero attached hydrogens (tertiary/aromatic N) is 3. The molecule has 0 spiro atoms. The van der Waals surface area contributed by atoms with Crippen molar-refractivity contribution in [3.8, 4) is 0 Å². The second-order valence-corrected chi connectivity index (χ2v) is 8.81. The molecule has 0 aliphatic heterocycles. The molecule has 0 fully saturated rings. The zero-order chi connectivity index (χ0) is 20.4. The zero-order valence-electron chi connectivity index (χ0n) is 15.9. The molecule has 0 radical (unpaired) electrons. The second-order valence-electron chi connectivity index (χ2n) is 6.54. The number of rotatable bonds is 5. The molecule has 2 aromatic heterocycles. The number of aryl methyl sites for hydroxylation is 1. The largest absolute Gasteiger partial charge is 0.274 e. The SMILES string of the molecule is CC(=O)N(c1cccc(Cl)c1)c1nc(CSc2cc(C)c3ccccc3n2)cs1. The number of hydrogen-bond donors (Lipinski definition) is 0. The van der Waals surface area contributed by atoms with Crippen LogP contribution in [-0.2, 0) is 10.5 Å². The fraction of sp³-hybridized carbons (Fsp3) is 0.136. The number of amides is 1. The molecule has 0 saturated heterocycles. The van der Waals surface area contributed by atoms with Gasteiger partial charge in [-0.05, 0) is 42.8 Å². The number of aromatic nitrogens is 2. The number of halogens is 1. The summed E-state index contributed by atoms with van der Waals surface area (Å²) < 4.78 is 0. The van der Waals surface area contributed by atoms with Gasteiger partial charge in [0.05, 0.1) is 21.9 Å². The van der Waals surface area contributed by atoms with Crippen LogP contribution >= 0.6 is 34.7 Å². The van der Waals surface area contributed by atoms with Crippen molar-refractivity contribution in [1.82, 2.24) is 9.97 Å². The van der Waals surface area contributed by atoms with Gasteiger partial charge >= 0.3 is 0 Å². The molecule has 0 saturated carbocycles. The number of carbonyl (C=O) groups excluding carboxylic acids is 1. The van der Waals surface area contributed by atoms with Gasteiger partial charge in [0.25, 0.3) is 0 Å². The van der Waals surface area contributed by atoms with Crippen LogP contribution in [0.1, 0.15) is 18.2 Å². The molecule has 0 atom stereocenters. The fourth-order valence-electron chi connectivity index (χ4n) is 3.05. The van der Waals surface area contributed by atoms with Crippen LogP contribution in [0.25, 0.3) is 10.9 Å². The minimum atomic E-state index is -0.104. The van der Waals surface area contributed by atoms with Crippen LogP contribution in [-0.4, -0.2) is 15.9 Å². The maximum atomic E-state index is 12.2. The predicted molar refractivity (Wildman–Crippen MR) is 122 cm³/mol. The third kappa shape index (κ3) is 4.45. The Hall–Kier alpha value is -2.41. The smallest absolute Gasteiger partial charge is 0.230 e. The number of thiazole rings is 1. The molecule has 4 aromatic rings. The summed E-state index contributed by atoms with van der Waals surface area (Å²) in [7, 11) is 0. The van der Waals surface area contributed by atoms with Crippen LogP contribution in [0.15, 0.2) is 65.0 Å². The van der Waals surface area contributed by atoms with Gasteiger partial charge in [0.2, 0.25) is 5.91 Å². The lowest BCUT2D eigenvalue weighted by Gasteiger charge is -2.18. The van der Waals surface area contributed by atoms with Crippen LogP contribution in [0.2, 0.25) is 5.02 Å². The fourth-order valence-corrected chi connectivity index (χ4v) is 5.09. The Bertz CT molecular complexity index is 1190. The summed E-state index contributed by atoms with van der Waals surface area (Å²) >= 11 is 9.18. The first-order valence-electron chi connectivity index (χ1n) is 9.01. The Kier molecular flexibility index (Phi) is 5.85. The molecule has 2 aromatic carbocycles. The van der Waals surface area contributed by atoms with E-state index in [1.807, 2.05) is 35.7 Å². The van der Waals surface area contributed by atoms with Crippen molar-refractivity contribution in [3.63, 3.8) is 0 Å². The molecule has 0 unspecified atom stereocenters. The topological polar surface area (TPSA) is 46.1 Å². The van der Waals surface area contributed by atoms with E-state index in [1.165, 1.54) is 29.2 Å². The normalized spacial score (nSPS) is 11.0. The van der Waals surface area contributed by atoms with E-state index in [4.69, 9.17) is 16.6 Å². The first kappa shape index (κ1) is 19.9. The average molecular weight is 440 g/mol. The van der Waals surface area contributed by atoms with E-state index in [9.17, 15) is 4.79 Å². The number of anilines is 2. The Morgan fingerprint density at radius 2 is 1.97 bits per heavy atom. The van der Waals surface area contributed by atoms with Gasteiger partial charge in [0.1, 0.15) is 0 Å². The lowest BCUT2D eigenvalue weighted by Crippen LogP contribution is -2.22. The minimum Gasteiger partial charge on any atom is -0.274 e. The van der Waals surface area contributed by atoms with Gasteiger partial charge in [-0.2, -0.15) is 0 Å². The highest BCUT2D eigenvalue weighted by atomic mass is 35.5. The van der Waals surface area contributed by atoms with Gasteiger partial charge in [-0.15, -0.1) is 11.3 Å². The van der Waals surface area contributed by atoms with Crippen LogP contribution < -0.4 is 4.90 Å². The summed E-state index contributed by atoms with van der Waals surface area (Å²) in [5.74, 6) is 0.579. The summed E-state index contributed by atoms with van der Waals surface area (Å²) in [5.41, 5.74) is 3.83. The maximum absolute atomic E-state index is 12.2. The third-order valence-electron chi connectivity index (χ3n) is 4.38. The lowest BCUT2D eigenvalue weighted by atomic mass is 10.1. The Morgan fingerprint density at radius 3 is 2.76 bits per heavy atom. The van der Waals surface area contributed by atoms with Crippen LogP contribution in [0.3, 0.4) is 0 Å². The quantitative estimate of drug-likeness (QED) is 0.327. The minimum absolute atomic E-state index is 0.104. The number of pyridine rings is 1. The average Bonchev–Trinajstić information content (AvgIpc) is 3.15. The Morgan fingerprint density at radius 1 is 1.14 bits per heavy atom. The highest BCUT2D eigenvalue weighted by Gasteiger charge is 2.18. The van der Waals surface area contributed by atoms with E-state index in [2.05, 4.69) is 24.0 Å². The molecule has 0 aliphatic rings. The van der Waals surface area contributed by atoms with Crippen LogP contribution in [0.4, 0.5) is 10.8 Å². The van der Waals surface area contributed by atoms with E-state index < -0.39 is 0 Å². The highest BCUT2D eigenvalue weighted by Crippen LogP contribution is 2.32. The molecule has 146 valence electrons. The Labute approximate surface area is 182 Å². The van der Waals surface area contributed by atoms with Crippen molar-refractivity contribution in [1.29, 1.82) is 0 Å². The molecular formula is C22H18ClN3OS2. The van der Waals surface area contributed by atoms with Gasteiger partial charge < -0.3 is 0 Å². The van der Waals surface area contributed by atoms with E-state index in [1.54, 1.807) is 28.8 Å². The van der Waals surface area contributed by atoms with Crippen molar-refractivity contribution >= 4 is 62.3 Å². The van der Waals surface area contributed by atoms with Crippen LogP contribution in [0.5, 0.6) is 0 Å². The number of para-hydroxylation sites is 1. The molecule has 2 heterocycles. The molecule has 1 amide bonds. The molecular weight excluding hydrogens is 422 g/mol. The lowest BCUT2D eigenvalue weighted by molar-refractivity contribution is -0.115. The molecule has 7 heteroatoms. The zero-order valence-corrected chi connectivity index (χ0v) is 18.3. The van der Waals surface area contributed by atoms with Crippen LogP contribution in [0, 0.1) is 6.92 Å². The number of benzene rings is 2. The summed E-state index contributed by atoms with van der Waals surface area (Å²) in [5, 5.41) is 5.34. The summed E-state index contributed by atoms with van der Waals surface area (Å²) in [6, 6.07) is 17.5. The first-order valence-corrected chi connectivity index (χ1v) is 11.3. The predicted octanol–water partition coefficient (Wildman–Crippen LogP) is 6.63. The Balaban J connectivity index is 1.54. The molecule has 0 N–H and O–H groups in total. The third-order valence-corrected chi connectivity index (χ3v) is 6.43. The molecule has 0 bridgehead atoms. The number of thioether (sulfide) groups is 1. The molecule has 4 rings (SSSR count). The van der Waals surface area contributed by atoms with Crippen molar-refractivity contribution < 1.29 is 4.79 Å². The second kappa shape index (κ2) is 8.53. The number of fused-ring (bicyclic) bond motifs is 1. The molecule has 29 heavy (non-hydrogen) atoms. The van der Waals surface area contributed by atoms with E-state index in [-0.39, 0.29) is 5.91 Å². The van der Waals surface area contributed by atoms with Gasteiger partial charge in [-0.1, -0.05) is 47.6 Å². The van der Waals surface area contributed by atoms with Crippen molar-refractivity contribution in [2.75, 3.05) is 4.90 Å². The van der Waals surface area contributed by atoms with Gasteiger partial charge in [-0.25, -0.2) is 9.97 Å². The number of hydrogen-bond acceptors (Lipinski definition) is 5. The number of carbonyl (C=O) groups is 1. The van der Waals surface area contributed by atoms with Gasteiger partial charge in [0, 0.05) is 28.5 Å². The molecule has 4 nitrogen and oxygen atoms in total. The summed E-state index contributed by atoms with van der Waals surface area (Å²) in [4.78, 5) is 23.2. The van der Waals surface area contributed by atoms with Crippen molar-refractivity contribution in [3.05, 3.63) is 76.3 Å². The van der Waals surface area contributed by atoms with E-state index >= 15 is 0 Å². The standard InChI is InChI=1S/C22H18ClN3OS2/c1-14-10-21(25-20-9-4-3-8-19(14)20)28-12-17-13-29-22(24-17)26(15(2)27)18-7-5-6-16(23)11-18/h3-11,13H,12H2,1-2H3. The first-order chi connectivity index (χ1) is 14.0. The maximum Gasteiger partial charge on any atom is 0.230 e. The summed E-state index contributed by atoms with van der Waals surface area (Å²) in [6.07, 6.45) is 0. The highest BCUT2D eigenvalue weighted by molar-refractivity contribution is 7.98. The van der Waals surface area contributed by atoms with Crippen molar-refractivity contribution in [2.24, 2.45) is 0 Å². The van der Waals surface area contributed by atoms with Gasteiger partial charge in [-0.3, -0.25) is 9.69 Å². The molecule has 0 aliphatic carbocycles. The van der Waals surface area contributed by atoms with E-state index in [0.29, 0.717) is 21.6 Å². The summed E-state index contributed by atoms with van der Waals surface area (Å²) in [6.45, 7) is 3.63. The van der Waals surface area contributed by atoms with Crippen molar-refractivity contribution in [2.45, 2.75) is 24.6 Å². The van der Waals surface area contributed by atoms with E-state index in [0.717, 1.165) is 16.2 Å². The monoisotopic (exact) mass is 439 g/mol. The van der Waals surface area contributed by atoms with Gasteiger partial charge in [0.15, 0.2) is 5.13 Å².